The van der Waals surface area contributed by atoms with Crippen LogP contribution in [0.25, 0.3) is 0 Å². The van der Waals surface area contributed by atoms with Crippen LogP contribution in [-0.4, -0.2) is 42.9 Å². The van der Waals surface area contributed by atoms with E-state index in [1.165, 1.54) is 0 Å². The maximum Gasteiger partial charge on any atom is 0.244 e. The fourth-order valence-electron chi connectivity index (χ4n) is 2.09. The second kappa shape index (κ2) is 8.64. The van der Waals surface area contributed by atoms with E-state index in [-0.39, 0.29) is 11.8 Å². The molecule has 1 rings (SSSR count). The third-order valence-corrected chi connectivity index (χ3v) is 3.50. The molecule has 6 nitrogen and oxygen atoms in total. The van der Waals surface area contributed by atoms with E-state index in [1.54, 1.807) is 31.2 Å². The lowest BCUT2D eigenvalue weighted by molar-refractivity contribution is -0.121. The summed E-state index contributed by atoms with van der Waals surface area (Å²) >= 11 is 0. The lowest BCUT2D eigenvalue weighted by Crippen LogP contribution is -2.48. The Hall–Kier alpha value is -1.92. The van der Waals surface area contributed by atoms with Crippen molar-refractivity contribution in [3.05, 3.63) is 24.3 Å². The molecule has 2 amide bonds. The summed E-state index contributed by atoms with van der Waals surface area (Å²) in [6.07, 6.45) is 1.91. The smallest absolute Gasteiger partial charge is 0.244 e. The molecule has 128 valence electrons. The summed E-state index contributed by atoms with van der Waals surface area (Å²) in [5.41, 5.74) is 6.48. The number of anilines is 2. The van der Waals surface area contributed by atoms with Gasteiger partial charge in [-0.25, -0.2) is 0 Å². The molecule has 0 aliphatic carbocycles. The zero-order valence-electron chi connectivity index (χ0n) is 14.5. The molecule has 1 aromatic carbocycles. The molecule has 1 unspecified atom stereocenters. The largest absolute Gasteiger partial charge is 0.326 e. The summed E-state index contributed by atoms with van der Waals surface area (Å²) in [5, 5.41) is 5.63. The van der Waals surface area contributed by atoms with Gasteiger partial charge in [0.1, 0.15) is 0 Å². The van der Waals surface area contributed by atoms with E-state index < -0.39 is 5.54 Å². The third kappa shape index (κ3) is 6.80. The van der Waals surface area contributed by atoms with E-state index in [2.05, 4.69) is 10.6 Å². The molecule has 0 saturated heterocycles. The predicted molar refractivity (Wildman–Crippen MR) is 94.4 cm³/mol. The molecule has 0 spiro atoms. The van der Waals surface area contributed by atoms with Crippen LogP contribution in [0.5, 0.6) is 0 Å². The third-order valence-electron chi connectivity index (χ3n) is 3.50. The summed E-state index contributed by atoms with van der Waals surface area (Å²) in [6, 6.07) is 7.02. The zero-order valence-corrected chi connectivity index (χ0v) is 14.5. The maximum atomic E-state index is 12.1. The number of hydrogen-bond donors (Lipinski definition) is 3. The molecule has 0 heterocycles. The first kappa shape index (κ1) is 19.1. The monoisotopic (exact) mass is 320 g/mol. The highest BCUT2D eigenvalue weighted by atomic mass is 16.2. The van der Waals surface area contributed by atoms with Gasteiger partial charge < -0.3 is 21.3 Å². The van der Waals surface area contributed by atoms with Crippen molar-refractivity contribution >= 4 is 23.2 Å². The van der Waals surface area contributed by atoms with Crippen molar-refractivity contribution in [3.63, 3.8) is 0 Å². The Bertz CT molecular complexity index is 524. The number of carbonyl (C=O) groups excluding carboxylic acids is 2. The second-order valence-electron chi connectivity index (χ2n) is 6.30. The number of amides is 2. The van der Waals surface area contributed by atoms with Gasteiger partial charge in [0.15, 0.2) is 0 Å². The van der Waals surface area contributed by atoms with Crippen LogP contribution >= 0.6 is 0 Å². The van der Waals surface area contributed by atoms with E-state index >= 15 is 0 Å². The molecule has 0 aliphatic heterocycles. The normalized spacial score (nSPS) is 13.5. The topological polar surface area (TPSA) is 87.5 Å². The Kier molecular flexibility index (Phi) is 7.19. The van der Waals surface area contributed by atoms with Crippen molar-refractivity contribution in [2.24, 2.45) is 5.73 Å². The van der Waals surface area contributed by atoms with E-state index in [1.807, 2.05) is 25.9 Å². The molecule has 0 saturated carbocycles. The van der Waals surface area contributed by atoms with Gasteiger partial charge in [-0.3, -0.25) is 9.59 Å². The Morgan fingerprint density at radius 1 is 1.13 bits per heavy atom. The van der Waals surface area contributed by atoms with E-state index in [4.69, 9.17) is 5.73 Å². The second-order valence-corrected chi connectivity index (χ2v) is 6.30. The molecular formula is C17H28N4O2. The van der Waals surface area contributed by atoms with Crippen LogP contribution in [-0.2, 0) is 9.59 Å². The molecule has 0 fully saturated rings. The predicted octanol–water partition coefficient (Wildman–Crippen LogP) is 2.03. The number of nitrogens with one attached hydrogen (secondary N) is 2. The lowest BCUT2D eigenvalue weighted by Gasteiger charge is -2.22. The van der Waals surface area contributed by atoms with Gasteiger partial charge in [-0.1, -0.05) is 13.3 Å². The Morgan fingerprint density at radius 3 is 2.13 bits per heavy atom. The molecule has 6 heteroatoms. The SMILES string of the molecule is CCCC(C)(N)C(=O)Nc1ccc(NC(=O)CCN(C)C)cc1. The first-order valence-electron chi connectivity index (χ1n) is 7.89. The van der Waals surface area contributed by atoms with E-state index in [0.29, 0.717) is 30.8 Å². The van der Waals surface area contributed by atoms with Gasteiger partial charge in [-0.2, -0.15) is 0 Å². The summed E-state index contributed by atoms with van der Waals surface area (Å²) in [4.78, 5) is 25.8. The summed E-state index contributed by atoms with van der Waals surface area (Å²) < 4.78 is 0. The van der Waals surface area contributed by atoms with Crippen LogP contribution < -0.4 is 16.4 Å². The molecule has 4 N–H and O–H groups in total. The van der Waals surface area contributed by atoms with Crippen molar-refractivity contribution in [1.29, 1.82) is 0 Å². The molecule has 23 heavy (non-hydrogen) atoms. The molecule has 1 atom stereocenters. The number of nitrogens with zero attached hydrogens (tertiary/aromatic N) is 1. The summed E-state index contributed by atoms with van der Waals surface area (Å²) in [7, 11) is 3.85. The van der Waals surface area contributed by atoms with Gasteiger partial charge in [0.2, 0.25) is 11.8 Å². The quantitative estimate of drug-likeness (QED) is 0.684. The fraction of sp³-hybridized carbons (Fsp3) is 0.529. The highest BCUT2D eigenvalue weighted by Crippen LogP contribution is 2.17. The lowest BCUT2D eigenvalue weighted by atomic mass is 9.96. The van der Waals surface area contributed by atoms with Crippen LogP contribution in [0, 0.1) is 0 Å². The Balaban J connectivity index is 2.56. The van der Waals surface area contributed by atoms with E-state index in [0.717, 1.165) is 6.42 Å². The van der Waals surface area contributed by atoms with Crippen LogP contribution in [0.2, 0.25) is 0 Å². The van der Waals surface area contributed by atoms with Gasteiger partial charge >= 0.3 is 0 Å². The first-order valence-corrected chi connectivity index (χ1v) is 7.89. The van der Waals surface area contributed by atoms with Gasteiger partial charge in [-0.05, 0) is 51.7 Å². The number of nitrogens with two attached hydrogens (primary N) is 1. The molecule has 0 radical (unpaired) electrons. The van der Waals surface area contributed by atoms with Gasteiger partial charge in [-0.15, -0.1) is 0 Å². The highest BCUT2D eigenvalue weighted by molar-refractivity contribution is 5.98. The number of rotatable bonds is 8. The number of benzene rings is 1. The molecule has 1 aromatic rings. The fourth-order valence-corrected chi connectivity index (χ4v) is 2.09. The number of carbonyl (C=O) groups is 2. The van der Waals surface area contributed by atoms with Crippen molar-refractivity contribution in [2.45, 2.75) is 38.6 Å². The Morgan fingerprint density at radius 2 is 1.65 bits per heavy atom. The zero-order chi connectivity index (χ0) is 17.5. The first-order chi connectivity index (χ1) is 10.7. The van der Waals surface area contributed by atoms with Crippen molar-refractivity contribution in [3.8, 4) is 0 Å². The van der Waals surface area contributed by atoms with Crippen LogP contribution in [0.1, 0.15) is 33.1 Å². The Labute approximate surface area is 138 Å². The van der Waals surface area contributed by atoms with Crippen molar-refractivity contribution in [1.82, 2.24) is 4.90 Å². The van der Waals surface area contributed by atoms with Crippen LogP contribution in [0.15, 0.2) is 24.3 Å². The minimum Gasteiger partial charge on any atom is -0.326 e. The summed E-state index contributed by atoms with van der Waals surface area (Å²) in [6.45, 7) is 4.42. The molecular weight excluding hydrogens is 292 g/mol. The minimum absolute atomic E-state index is 0.0343. The average molecular weight is 320 g/mol. The van der Waals surface area contributed by atoms with E-state index in [9.17, 15) is 9.59 Å². The number of hydrogen-bond acceptors (Lipinski definition) is 4. The van der Waals surface area contributed by atoms with Crippen molar-refractivity contribution < 1.29 is 9.59 Å². The minimum atomic E-state index is -0.881. The van der Waals surface area contributed by atoms with Gasteiger partial charge in [0.05, 0.1) is 5.54 Å². The van der Waals surface area contributed by atoms with Crippen LogP contribution in [0.4, 0.5) is 11.4 Å². The highest BCUT2D eigenvalue weighted by Gasteiger charge is 2.27. The van der Waals surface area contributed by atoms with Crippen LogP contribution in [0.3, 0.4) is 0 Å². The molecule has 0 aliphatic rings. The van der Waals surface area contributed by atoms with Crippen molar-refractivity contribution in [2.75, 3.05) is 31.3 Å². The van der Waals surface area contributed by atoms with Gasteiger partial charge in [0.25, 0.3) is 0 Å². The standard InChI is InChI=1S/C17H28N4O2/c1-5-11-17(2,18)16(23)20-14-8-6-13(7-9-14)19-15(22)10-12-21(3)4/h6-9H,5,10-12,18H2,1-4H3,(H,19,22)(H,20,23). The maximum absolute atomic E-state index is 12.1. The molecule has 0 aromatic heterocycles. The summed E-state index contributed by atoms with van der Waals surface area (Å²) in [5.74, 6) is -0.241. The average Bonchev–Trinajstić information content (AvgIpc) is 2.47. The van der Waals surface area contributed by atoms with Gasteiger partial charge in [0, 0.05) is 24.3 Å². The molecule has 0 bridgehead atoms.